The predicted octanol–water partition coefficient (Wildman–Crippen LogP) is 3.66. The third kappa shape index (κ3) is 3.71. The number of hydrogen-bond acceptors (Lipinski definition) is 3. The molecule has 0 bridgehead atoms. The van der Waals surface area contributed by atoms with E-state index in [4.69, 9.17) is 46.4 Å². The number of hydrogen-bond donors (Lipinski definition) is 0. The molecule has 1 aliphatic rings. The van der Waals surface area contributed by atoms with Crippen molar-refractivity contribution in [1.82, 2.24) is 0 Å². The van der Waals surface area contributed by atoms with Crippen LogP contribution in [0.2, 0.25) is 5.02 Å². The maximum absolute atomic E-state index is 12.5. The maximum Gasteiger partial charge on any atom is 0.279 e. The summed E-state index contributed by atoms with van der Waals surface area (Å²) in [6.07, 6.45) is 1.39. The highest BCUT2D eigenvalue weighted by atomic mass is 35.6. The highest BCUT2D eigenvalue weighted by Crippen LogP contribution is 2.36. The van der Waals surface area contributed by atoms with Crippen molar-refractivity contribution < 1.29 is 13.2 Å². The third-order valence-electron chi connectivity index (χ3n) is 3.20. The molecule has 0 saturated heterocycles. The second-order valence-corrected chi connectivity index (χ2v) is 9.40. The summed E-state index contributed by atoms with van der Waals surface area (Å²) >= 11 is 23.2. The lowest BCUT2D eigenvalue weighted by Crippen LogP contribution is -2.47. The smallest absolute Gasteiger partial charge is 0.279 e. The average molecular weight is 403 g/mol. The van der Waals surface area contributed by atoms with Gasteiger partial charge in [-0.05, 0) is 30.7 Å². The SMILES string of the molecule is Cc1c(Cl)cccc1N(C(=O)C(Cl)(Cl)Cl)C1C=CS(=O)(=O)C1. The molecule has 1 aromatic carbocycles. The van der Waals surface area contributed by atoms with Crippen LogP contribution in [0.25, 0.3) is 0 Å². The second-order valence-electron chi connectivity index (χ2n) is 4.78. The first-order valence-corrected chi connectivity index (χ1v) is 9.32. The molecule has 0 radical (unpaired) electrons. The largest absolute Gasteiger partial charge is 0.300 e. The van der Waals surface area contributed by atoms with Crippen LogP contribution in [0.5, 0.6) is 0 Å². The lowest BCUT2D eigenvalue weighted by atomic mass is 10.1. The molecule has 1 amide bonds. The van der Waals surface area contributed by atoms with Gasteiger partial charge in [-0.15, -0.1) is 0 Å². The van der Waals surface area contributed by atoms with Gasteiger partial charge in [0.05, 0.1) is 11.8 Å². The van der Waals surface area contributed by atoms with Crippen molar-refractivity contribution in [3.63, 3.8) is 0 Å². The van der Waals surface area contributed by atoms with Crippen LogP contribution in [-0.4, -0.2) is 29.9 Å². The van der Waals surface area contributed by atoms with E-state index in [0.29, 0.717) is 16.3 Å². The molecule has 0 spiro atoms. The third-order valence-corrected chi connectivity index (χ3v) is 5.48. The fraction of sp³-hybridized carbons (Fsp3) is 0.308. The van der Waals surface area contributed by atoms with E-state index >= 15 is 0 Å². The Morgan fingerprint density at radius 3 is 2.45 bits per heavy atom. The number of sulfone groups is 1. The van der Waals surface area contributed by atoms with Gasteiger partial charge in [-0.1, -0.05) is 52.5 Å². The Kier molecular flexibility index (Phi) is 5.05. The summed E-state index contributed by atoms with van der Waals surface area (Å²) in [7, 11) is -3.39. The highest BCUT2D eigenvalue weighted by molar-refractivity contribution is 7.94. The summed E-state index contributed by atoms with van der Waals surface area (Å²) in [5.41, 5.74) is 0.986. The number of amides is 1. The minimum absolute atomic E-state index is 0.272. The Hall–Kier alpha value is -0.460. The molecule has 1 atom stereocenters. The average Bonchev–Trinajstić information content (AvgIpc) is 2.74. The monoisotopic (exact) mass is 401 g/mol. The van der Waals surface area contributed by atoms with Gasteiger partial charge in [0.15, 0.2) is 9.84 Å². The maximum atomic E-state index is 12.5. The molecule has 9 heteroatoms. The zero-order valence-electron chi connectivity index (χ0n) is 11.3. The van der Waals surface area contributed by atoms with Crippen molar-refractivity contribution in [3.8, 4) is 0 Å². The Morgan fingerprint density at radius 2 is 1.95 bits per heavy atom. The first kappa shape index (κ1) is 17.9. The molecular weight excluding hydrogens is 392 g/mol. The van der Waals surface area contributed by atoms with Crippen molar-refractivity contribution in [1.29, 1.82) is 0 Å². The van der Waals surface area contributed by atoms with Gasteiger partial charge in [0.2, 0.25) is 0 Å². The van der Waals surface area contributed by atoms with Gasteiger partial charge in [0, 0.05) is 16.1 Å². The first-order chi connectivity index (χ1) is 10.0. The molecule has 0 aromatic heterocycles. The fourth-order valence-corrected chi connectivity index (χ4v) is 3.86. The van der Waals surface area contributed by atoms with Crippen LogP contribution >= 0.6 is 46.4 Å². The summed E-state index contributed by atoms with van der Waals surface area (Å²) in [6.45, 7) is 1.70. The number of alkyl halides is 3. The standard InChI is InChI=1S/C13H11Cl4NO3S/c1-8-10(14)3-2-4-11(8)18(12(19)13(15,16)17)9-5-6-22(20,21)7-9/h2-6,9H,7H2,1H3. The molecule has 2 rings (SSSR count). The van der Waals surface area contributed by atoms with Crippen LogP contribution in [0.3, 0.4) is 0 Å². The summed E-state index contributed by atoms with van der Waals surface area (Å²) < 4.78 is 21.1. The van der Waals surface area contributed by atoms with E-state index in [-0.39, 0.29) is 5.75 Å². The minimum Gasteiger partial charge on any atom is -0.300 e. The van der Waals surface area contributed by atoms with E-state index in [1.165, 1.54) is 6.08 Å². The van der Waals surface area contributed by atoms with Crippen LogP contribution < -0.4 is 4.90 Å². The summed E-state index contributed by atoms with van der Waals surface area (Å²) in [4.78, 5) is 13.6. The molecule has 0 N–H and O–H groups in total. The number of anilines is 1. The number of carbonyl (C=O) groups is 1. The van der Waals surface area contributed by atoms with Gasteiger partial charge in [-0.3, -0.25) is 4.79 Å². The molecule has 0 saturated carbocycles. The van der Waals surface area contributed by atoms with Gasteiger partial charge in [0.1, 0.15) is 0 Å². The quantitative estimate of drug-likeness (QED) is 0.709. The number of benzene rings is 1. The highest BCUT2D eigenvalue weighted by Gasteiger charge is 2.41. The first-order valence-electron chi connectivity index (χ1n) is 6.09. The van der Waals surface area contributed by atoms with Crippen LogP contribution in [0.4, 0.5) is 5.69 Å². The number of rotatable bonds is 2. The Bertz CT molecular complexity index is 740. The van der Waals surface area contributed by atoms with E-state index in [0.717, 1.165) is 10.3 Å². The molecule has 4 nitrogen and oxygen atoms in total. The van der Waals surface area contributed by atoms with Crippen LogP contribution in [0.15, 0.2) is 29.7 Å². The van der Waals surface area contributed by atoms with Gasteiger partial charge in [0.25, 0.3) is 9.70 Å². The van der Waals surface area contributed by atoms with Crippen molar-refractivity contribution in [3.05, 3.63) is 40.3 Å². The molecule has 1 heterocycles. The lowest BCUT2D eigenvalue weighted by molar-refractivity contribution is -0.118. The summed E-state index contributed by atoms with van der Waals surface area (Å²) in [5.74, 6) is -1.11. The predicted molar refractivity (Wildman–Crippen MR) is 90.7 cm³/mol. The molecule has 120 valence electrons. The van der Waals surface area contributed by atoms with Gasteiger partial charge >= 0.3 is 0 Å². The van der Waals surface area contributed by atoms with Crippen molar-refractivity contribution in [2.75, 3.05) is 10.7 Å². The molecule has 1 aliphatic heterocycles. The zero-order valence-corrected chi connectivity index (χ0v) is 15.1. The molecule has 1 unspecified atom stereocenters. The molecule has 22 heavy (non-hydrogen) atoms. The van der Waals surface area contributed by atoms with Crippen LogP contribution in [0, 0.1) is 6.92 Å². The lowest BCUT2D eigenvalue weighted by Gasteiger charge is -2.31. The van der Waals surface area contributed by atoms with E-state index in [1.807, 2.05) is 0 Å². The minimum atomic E-state index is -3.39. The molecule has 1 aromatic rings. The van der Waals surface area contributed by atoms with Crippen molar-refractivity contribution in [2.45, 2.75) is 16.8 Å². The number of halogens is 4. The van der Waals surface area contributed by atoms with Crippen LogP contribution in [-0.2, 0) is 14.6 Å². The Balaban J connectivity index is 2.54. The second kappa shape index (κ2) is 6.21. The van der Waals surface area contributed by atoms with Crippen molar-refractivity contribution >= 4 is 67.8 Å². The number of nitrogens with zero attached hydrogens (tertiary/aromatic N) is 1. The van der Waals surface area contributed by atoms with Gasteiger partial charge in [-0.2, -0.15) is 0 Å². The Morgan fingerprint density at radius 1 is 1.32 bits per heavy atom. The van der Waals surface area contributed by atoms with E-state index < -0.39 is 25.6 Å². The normalized spacial score (nSPS) is 20.1. The van der Waals surface area contributed by atoms with Crippen LogP contribution in [0.1, 0.15) is 5.56 Å². The topological polar surface area (TPSA) is 54.5 Å². The fourth-order valence-electron chi connectivity index (χ4n) is 2.15. The zero-order chi connectivity index (χ0) is 16.7. The Labute approximate surface area is 148 Å². The van der Waals surface area contributed by atoms with E-state index in [1.54, 1.807) is 25.1 Å². The summed E-state index contributed by atoms with van der Waals surface area (Å²) in [5, 5.41) is 1.47. The summed E-state index contributed by atoms with van der Waals surface area (Å²) in [6, 6.07) is 4.15. The molecule has 0 aliphatic carbocycles. The molecular formula is C13H11Cl4NO3S. The van der Waals surface area contributed by atoms with Gasteiger partial charge in [-0.25, -0.2) is 8.42 Å². The molecule has 0 fully saturated rings. The van der Waals surface area contributed by atoms with E-state index in [2.05, 4.69) is 0 Å². The van der Waals surface area contributed by atoms with Crippen molar-refractivity contribution in [2.24, 2.45) is 0 Å². The number of carbonyl (C=O) groups excluding carboxylic acids is 1. The van der Waals surface area contributed by atoms with E-state index in [9.17, 15) is 13.2 Å². The van der Waals surface area contributed by atoms with Gasteiger partial charge < -0.3 is 4.90 Å².